The minimum absolute atomic E-state index is 0.0163. The van der Waals surface area contributed by atoms with Gasteiger partial charge in [0.15, 0.2) is 5.78 Å². The third-order valence-electron chi connectivity index (χ3n) is 6.13. The Kier molecular flexibility index (Phi) is 7.48. The molecule has 5 nitrogen and oxygen atoms in total. The van der Waals surface area contributed by atoms with E-state index in [4.69, 9.17) is 11.6 Å². The Balaban J connectivity index is 1.69. The first kappa shape index (κ1) is 25.9. The van der Waals surface area contributed by atoms with Crippen LogP contribution in [-0.2, 0) is 15.8 Å². The molecule has 2 aromatic carbocycles. The molecule has 1 aliphatic carbocycles. The highest BCUT2D eigenvalue weighted by Crippen LogP contribution is 2.47. The van der Waals surface area contributed by atoms with Crippen LogP contribution in [0.1, 0.15) is 41.9 Å². The molecule has 0 aromatic heterocycles. The van der Waals surface area contributed by atoms with Crippen molar-refractivity contribution in [2.75, 3.05) is 11.1 Å². The van der Waals surface area contributed by atoms with Gasteiger partial charge in [0.1, 0.15) is 0 Å². The van der Waals surface area contributed by atoms with Crippen molar-refractivity contribution in [1.82, 2.24) is 5.32 Å². The molecule has 0 unspecified atom stereocenters. The molecule has 0 saturated heterocycles. The first-order chi connectivity index (χ1) is 17.1. The van der Waals surface area contributed by atoms with Gasteiger partial charge in [-0.2, -0.15) is 18.4 Å². The summed E-state index contributed by atoms with van der Waals surface area (Å²) in [4.78, 5) is 25.5. The number of carbonyl (C=O) groups excluding carboxylic acids is 2. The molecule has 1 atom stereocenters. The van der Waals surface area contributed by atoms with Gasteiger partial charge in [-0.3, -0.25) is 9.59 Å². The quantitative estimate of drug-likeness (QED) is 0.462. The lowest BCUT2D eigenvalue weighted by molar-refractivity contribution is -0.138. The number of allylic oxidation sites excluding steroid dienone is 3. The molecular weight excluding hydrogens is 511 g/mol. The van der Waals surface area contributed by atoms with Gasteiger partial charge in [-0.1, -0.05) is 47.6 Å². The minimum atomic E-state index is -4.66. The lowest BCUT2D eigenvalue weighted by Gasteiger charge is -2.34. The fraction of sp³-hybridized carbons (Fsp3) is 0.269. The number of amides is 1. The van der Waals surface area contributed by atoms with Gasteiger partial charge in [0.05, 0.1) is 33.9 Å². The highest BCUT2D eigenvalue weighted by atomic mass is 35.5. The van der Waals surface area contributed by atoms with Crippen LogP contribution in [-0.4, -0.2) is 17.4 Å². The summed E-state index contributed by atoms with van der Waals surface area (Å²) in [6, 6.07) is 12.1. The van der Waals surface area contributed by atoms with E-state index < -0.39 is 17.7 Å². The van der Waals surface area contributed by atoms with Gasteiger partial charge >= 0.3 is 6.18 Å². The standard InChI is InChI=1S/C26H21ClF3N3O2S/c1-14-18(27)8-4-9-19(14)32-22(35)13-36-25-16(12-31)23(24-20(33-25)10-5-11-21(24)34)15-6-2-3-7-17(15)26(28,29)30/h2-4,6-9,23,33H,5,10-11,13H2,1H3,(H,32,35)/t23-/m0/s1. The zero-order valence-electron chi connectivity index (χ0n) is 19.1. The van der Waals surface area contributed by atoms with Crippen LogP contribution in [0.25, 0.3) is 0 Å². The Bertz CT molecular complexity index is 1340. The smallest absolute Gasteiger partial charge is 0.352 e. The van der Waals surface area contributed by atoms with Crippen molar-refractivity contribution in [3.8, 4) is 6.07 Å². The highest BCUT2D eigenvalue weighted by molar-refractivity contribution is 8.03. The zero-order valence-corrected chi connectivity index (χ0v) is 20.7. The Morgan fingerprint density at radius 3 is 2.69 bits per heavy atom. The number of hydrogen-bond acceptors (Lipinski definition) is 5. The molecule has 0 fully saturated rings. The number of dihydropyridines is 1. The topological polar surface area (TPSA) is 82.0 Å². The largest absolute Gasteiger partial charge is 0.416 e. The Hall–Kier alpha value is -3.22. The summed E-state index contributed by atoms with van der Waals surface area (Å²) in [7, 11) is 0. The zero-order chi connectivity index (χ0) is 26.0. The van der Waals surface area contributed by atoms with E-state index in [-0.39, 0.29) is 45.6 Å². The summed E-state index contributed by atoms with van der Waals surface area (Å²) >= 11 is 7.12. The van der Waals surface area contributed by atoms with Crippen molar-refractivity contribution >= 4 is 40.7 Å². The van der Waals surface area contributed by atoms with Crippen molar-refractivity contribution in [2.45, 2.75) is 38.3 Å². The summed E-state index contributed by atoms with van der Waals surface area (Å²) in [6.07, 6.45) is -3.45. The first-order valence-electron chi connectivity index (χ1n) is 11.1. The van der Waals surface area contributed by atoms with Gasteiger partial charge in [-0.25, -0.2) is 0 Å². The van der Waals surface area contributed by atoms with E-state index in [1.54, 1.807) is 25.1 Å². The maximum atomic E-state index is 13.9. The molecule has 2 N–H and O–H groups in total. The summed E-state index contributed by atoms with van der Waals surface area (Å²) in [6.45, 7) is 1.76. The molecule has 10 heteroatoms. The normalized spacial score (nSPS) is 17.9. The van der Waals surface area contributed by atoms with E-state index >= 15 is 0 Å². The predicted octanol–water partition coefficient (Wildman–Crippen LogP) is 6.47. The second-order valence-corrected chi connectivity index (χ2v) is 9.81. The highest BCUT2D eigenvalue weighted by Gasteiger charge is 2.42. The molecule has 1 aliphatic heterocycles. The molecule has 1 heterocycles. The first-order valence-corrected chi connectivity index (χ1v) is 12.5. The number of nitriles is 1. The molecule has 0 radical (unpaired) electrons. The fourth-order valence-electron chi connectivity index (χ4n) is 4.42. The molecule has 2 aromatic rings. The van der Waals surface area contributed by atoms with E-state index in [1.165, 1.54) is 18.2 Å². The third-order valence-corrected chi connectivity index (χ3v) is 7.56. The maximum absolute atomic E-state index is 13.9. The monoisotopic (exact) mass is 531 g/mol. The van der Waals surface area contributed by atoms with Gasteiger partial charge < -0.3 is 10.6 Å². The van der Waals surface area contributed by atoms with Crippen LogP contribution in [0.5, 0.6) is 0 Å². The maximum Gasteiger partial charge on any atom is 0.416 e. The molecule has 0 spiro atoms. The Labute approximate surface area is 215 Å². The van der Waals surface area contributed by atoms with Crippen LogP contribution in [0.3, 0.4) is 0 Å². The molecule has 1 amide bonds. The lowest BCUT2D eigenvalue weighted by atomic mass is 9.75. The number of nitrogens with zero attached hydrogens (tertiary/aromatic N) is 1. The van der Waals surface area contributed by atoms with Crippen LogP contribution >= 0.6 is 23.4 Å². The summed E-state index contributed by atoms with van der Waals surface area (Å²) in [5.74, 6) is -1.93. The number of thioether (sulfide) groups is 1. The van der Waals surface area contributed by atoms with Gasteiger partial charge in [0.25, 0.3) is 0 Å². The third kappa shape index (κ3) is 5.15. The molecule has 0 saturated carbocycles. The van der Waals surface area contributed by atoms with Gasteiger partial charge in [0.2, 0.25) is 5.91 Å². The second-order valence-electron chi connectivity index (χ2n) is 8.42. The number of alkyl halides is 3. The summed E-state index contributed by atoms with van der Waals surface area (Å²) < 4.78 is 41.7. The number of benzene rings is 2. The number of rotatable bonds is 5. The lowest BCUT2D eigenvalue weighted by Crippen LogP contribution is -2.32. The Morgan fingerprint density at radius 2 is 1.97 bits per heavy atom. The molecule has 0 bridgehead atoms. The number of nitrogens with one attached hydrogen (secondary N) is 2. The minimum Gasteiger partial charge on any atom is -0.352 e. The number of ketones is 1. The van der Waals surface area contributed by atoms with Crippen molar-refractivity contribution < 1.29 is 22.8 Å². The van der Waals surface area contributed by atoms with E-state index in [0.717, 1.165) is 17.8 Å². The number of hydrogen-bond donors (Lipinski definition) is 2. The fourth-order valence-corrected chi connectivity index (χ4v) is 5.46. The van der Waals surface area contributed by atoms with Crippen molar-refractivity contribution in [3.05, 3.63) is 86.0 Å². The SMILES string of the molecule is Cc1c(Cl)cccc1NC(=O)CSC1=C(C#N)[C@H](c2ccccc2C(F)(F)F)C2=C(CCCC2=O)N1. The molecular formula is C26H21ClF3N3O2S. The average molecular weight is 532 g/mol. The molecule has 2 aliphatic rings. The van der Waals surface area contributed by atoms with Gasteiger partial charge in [0, 0.05) is 28.4 Å². The molecule has 36 heavy (non-hydrogen) atoms. The van der Waals surface area contributed by atoms with Crippen LogP contribution < -0.4 is 10.6 Å². The number of halogens is 4. The molecule has 186 valence electrons. The predicted molar refractivity (Wildman–Crippen MR) is 133 cm³/mol. The van der Waals surface area contributed by atoms with Crippen molar-refractivity contribution in [2.24, 2.45) is 0 Å². The number of anilines is 1. The van der Waals surface area contributed by atoms with Crippen LogP contribution in [0.2, 0.25) is 5.02 Å². The van der Waals surface area contributed by atoms with E-state index in [2.05, 4.69) is 10.6 Å². The van der Waals surface area contributed by atoms with Crippen molar-refractivity contribution in [3.63, 3.8) is 0 Å². The van der Waals surface area contributed by atoms with Crippen LogP contribution in [0.15, 0.2) is 64.3 Å². The van der Waals surface area contributed by atoms with Crippen molar-refractivity contribution in [1.29, 1.82) is 5.26 Å². The number of carbonyl (C=O) groups is 2. The van der Waals surface area contributed by atoms with Crippen LogP contribution in [0, 0.1) is 18.3 Å². The Morgan fingerprint density at radius 1 is 1.22 bits per heavy atom. The molecule has 4 rings (SSSR count). The summed E-state index contributed by atoms with van der Waals surface area (Å²) in [5, 5.41) is 16.7. The van der Waals surface area contributed by atoms with E-state index in [1.807, 2.05) is 6.07 Å². The second kappa shape index (κ2) is 10.4. The van der Waals surface area contributed by atoms with E-state index in [0.29, 0.717) is 34.8 Å². The van der Waals surface area contributed by atoms with Gasteiger partial charge in [-0.05, 0) is 49.1 Å². The van der Waals surface area contributed by atoms with Gasteiger partial charge in [-0.15, -0.1) is 0 Å². The average Bonchev–Trinajstić information content (AvgIpc) is 2.84. The summed E-state index contributed by atoms with van der Waals surface area (Å²) in [5.41, 5.74) is 0.871. The van der Waals surface area contributed by atoms with Crippen LogP contribution in [0.4, 0.5) is 18.9 Å². The number of Topliss-reactive ketones (excluding diaryl/α,β-unsaturated/α-hetero) is 1. The van der Waals surface area contributed by atoms with E-state index in [9.17, 15) is 28.0 Å².